The number of furan rings is 1. The van der Waals surface area contributed by atoms with Gasteiger partial charge in [-0.15, -0.1) is 0 Å². The fourth-order valence-electron chi connectivity index (χ4n) is 2.77. The molecule has 1 fully saturated rings. The largest absolute Gasteiger partial charge is 0.449 e. The van der Waals surface area contributed by atoms with Gasteiger partial charge in [0.25, 0.3) is 5.91 Å². The molecule has 1 aromatic carbocycles. The highest BCUT2D eigenvalue weighted by Gasteiger charge is 2.35. The van der Waals surface area contributed by atoms with Gasteiger partial charge in [0.05, 0.1) is 5.02 Å². The van der Waals surface area contributed by atoms with Crippen LogP contribution in [0.3, 0.4) is 0 Å². The summed E-state index contributed by atoms with van der Waals surface area (Å²) >= 11 is 6.16. The summed E-state index contributed by atoms with van der Waals surface area (Å²) in [5, 5.41) is 10.3. The lowest BCUT2D eigenvalue weighted by Crippen LogP contribution is -2.34. The molecule has 0 aliphatic heterocycles. The Morgan fingerprint density at radius 1 is 1.41 bits per heavy atom. The van der Waals surface area contributed by atoms with E-state index in [1.54, 1.807) is 6.07 Å². The number of halogens is 1. The van der Waals surface area contributed by atoms with Gasteiger partial charge in [-0.1, -0.05) is 23.7 Å². The molecule has 3 rings (SSSR count). The average molecular weight is 322 g/mol. The number of aliphatic hydroxyl groups is 1. The van der Waals surface area contributed by atoms with Crippen LogP contribution in [0.1, 0.15) is 41.8 Å². The highest BCUT2D eigenvalue weighted by molar-refractivity contribution is 6.35. The van der Waals surface area contributed by atoms with Crippen LogP contribution in [0.5, 0.6) is 0 Å². The van der Waals surface area contributed by atoms with Gasteiger partial charge < -0.3 is 14.4 Å². The minimum absolute atomic E-state index is 0.0646. The fraction of sp³-hybridized carbons (Fsp3) is 0.471. The smallest absolute Gasteiger partial charge is 0.290 e. The number of aliphatic hydroxyl groups excluding tert-OH is 1. The number of rotatable bonds is 6. The molecule has 0 radical (unpaired) electrons. The Balaban J connectivity index is 1.89. The molecule has 1 saturated carbocycles. The molecule has 2 aromatic rings. The predicted molar refractivity (Wildman–Crippen MR) is 86.3 cm³/mol. The van der Waals surface area contributed by atoms with Crippen LogP contribution < -0.4 is 0 Å². The van der Waals surface area contributed by atoms with E-state index in [-0.39, 0.29) is 12.5 Å². The fourth-order valence-corrected chi connectivity index (χ4v) is 2.99. The van der Waals surface area contributed by atoms with Crippen LogP contribution in [0.15, 0.2) is 22.6 Å². The Hall–Kier alpha value is -1.52. The minimum atomic E-state index is -0.0646. The van der Waals surface area contributed by atoms with Gasteiger partial charge in [-0.25, -0.2) is 0 Å². The van der Waals surface area contributed by atoms with Crippen molar-refractivity contribution in [1.29, 1.82) is 0 Å². The van der Waals surface area contributed by atoms with Crippen molar-refractivity contribution in [3.05, 3.63) is 34.5 Å². The summed E-state index contributed by atoms with van der Waals surface area (Å²) < 4.78 is 5.78. The van der Waals surface area contributed by atoms with Gasteiger partial charge in [0.15, 0.2) is 11.3 Å². The molecule has 4 nitrogen and oxygen atoms in total. The van der Waals surface area contributed by atoms with Gasteiger partial charge in [-0.2, -0.15) is 0 Å². The zero-order valence-corrected chi connectivity index (χ0v) is 13.4. The summed E-state index contributed by atoms with van der Waals surface area (Å²) in [4.78, 5) is 14.7. The van der Waals surface area contributed by atoms with Crippen LogP contribution in [0.4, 0.5) is 0 Å². The number of unbranched alkanes of at least 4 members (excludes halogenated alkanes) is 1. The van der Waals surface area contributed by atoms with Gasteiger partial charge in [0.1, 0.15) is 0 Å². The number of nitrogens with zero attached hydrogens (tertiary/aromatic N) is 1. The van der Waals surface area contributed by atoms with Crippen LogP contribution >= 0.6 is 11.6 Å². The number of hydrogen-bond donors (Lipinski definition) is 1. The van der Waals surface area contributed by atoms with Gasteiger partial charge >= 0.3 is 0 Å². The maximum atomic E-state index is 12.8. The van der Waals surface area contributed by atoms with Crippen molar-refractivity contribution in [2.45, 2.75) is 38.6 Å². The molecule has 1 heterocycles. The standard InChI is InChI=1S/C17H20ClNO3/c1-11-13-5-4-6-14(18)16(13)22-15(11)17(21)19(12-7-8-12)9-2-3-10-20/h4-6,12,20H,2-3,7-10H2,1H3. The minimum Gasteiger partial charge on any atom is -0.449 e. The average Bonchev–Trinajstić information content (AvgIpc) is 3.28. The topological polar surface area (TPSA) is 53.7 Å². The second-order valence-electron chi connectivity index (χ2n) is 5.83. The van der Waals surface area contributed by atoms with Gasteiger partial charge in [0, 0.05) is 30.1 Å². The van der Waals surface area contributed by atoms with Crippen molar-refractivity contribution in [2.24, 2.45) is 0 Å². The van der Waals surface area contributed by atoms with Crippen LogP contribution in [0.25, 0.3) is 11.0 Å². The Kier molecular flexibility index (Phi) is 4.41. The van der Waals surface area contributed by atoms with Crippen LogP contribution in [-0.2, 0) is 0 Å². The van der Waals surface area contributed by atoms with E-state index in [0.717, 1.165) is 30.2 Å². The van der Waals surface area contributed by atoms with E-state index in [0.29, 0.717) is 35.4 Å². The van der Waals surface area contributed by atoms with E-state index in [4.69, 9.17) is 21.1 Å². The third-order valence-corrected chi connectivity index (χ3v) is 4.46. The highest BCUT2D eigenvalue weighted by Crippen LogP contribution is 2.34. The number of para-hydroxylation sites is 1. The lowest BCUT2D eigenvalue weighted by molar-refractivity contribution is 0.0706. The molecule has 118 valence electrons. The number of hydrogen-bond acceptors (Lipinski definition) is 3. The first-order chi connectivity index (χ1) is 10.6. The second kappa shape index (κ2) is 6.31. The first-order valence-corrected chi connectivity index (χ1v) is 8.10. The zero-order chi connectivity index (χ0) is 15.7. The molecule has 1 aromatic heterocycles. The molecule has 1 aliphatic rings. The molecule has 0 unspecified atom stereocenters. The monoisotopic (exact) mass is 321 g/mol. The third-order valence-electron chi connectivity index (χ3n) is 4.17. The Morgan fingerprint density at radius 3 is 2.82 bits per heavy atom. The van der Waals surface area contributed by atoms with Crippen molar-refractivity contribution in [3.63, 3.8) is 0 Å². The molecular formula is C17H20ClNO3. The maximum absolute atomic E-state index is 12.8. The number of aryl methyl sites for hydroxylation is 1. The summed E-state index contributed by atoms with van der Waals surface area (Å²) in [5.41, 5.74) is 1.42. The van der Waals surface area contributed by atoms with Crippen molar-refractivity contribution in [1.82, 2.24) is 4.90 Å². The molecule has 0 bridgehead atoms. The Labute approximate surface area is 134 Å². The molecule has 1 aliphatic carbocycles. The highest BCUT2D eigenvalue weighted by atomic mass is 35.5. The first kappa shape index (κ1) is 15.4. The predicted octanol–water partition coefficient (Wildman–Crippen LogP) is 3.77. The SMILES string of the molecule is Cc1c(C(=O)N(CCCCO)C2CC2)oc2c(Cl)cccc12. The van der Waals surface area contributed by atoms with Crippen LogP contribution in [0, 0.1) is 6.92 Å². The lowest BCUT2D eigenvalue weighted by atomic mass is 10.1. The molecule has 22 heavy (non-hydrogen) atoms. The quantitative estimate of drug-likeness (QED) is 0.824. The van der Waals surface area contributed by atoms with Crippen molar-refractivity contribution >= 4 is 28.5 Å². The summed E-state index contributed by atoms with van der Waals surface area (Å²) in [5.74, 6) is 0.323. The van der Waals surface area contributed by atoms with Crippen molar-refractivity contribution in [3.8, 4) is 0 Å². The van der Waals surface area contributed by atoms with Crippen LogP contribution in [-0.4, -0.2) is 35.1 Å². The Bertz CT molecular complexity index is 691. The molecule has 5 heteroatoms. The number of carbonyl (C=O) groups is 1. The van der Waals surface area contributed by atoms with E-state index in [9.17, 15) is 4.79 Å². The normalized spacial score (nSPS) is 14.5. The van der Waals surface area contributed by atoms with E-state index in [1.807, 2.05) is 24.0 Å². The summed E-state index contributed by atoms with van der Waals surface area (Å²) in [6.45, 7) is 2.72. The molecule has 0 atom stereocenters. The number of benzene rings is 1. The summed E-state index contributed by atoms with van der Waals surface area (Å²) in [7, 11) is 0. The van der Waals surface area contributed by atoms with Crippen LogP contribution in [0.2, 0.25) is 5.02 Å². The number of fused-ring (bicyclic) bond motifs is 1. The molecule has 0 spiro atoms. The Morgan fingerprint density at radius 2 is 2.18 bits per heavy atom. The van der Waals surface area contributed by atoms with E-state index in [2.05, 4.69) is 0 Å². The summed E-state index contributed by atoms with van der Waals surface area (Å²) in [6, 6.07) is 5.86. The van der Waals surface area contributed by atoms with Gasteiger partial charge in [-0.05, 0) is 38.7 Å². The number of amides is 1. The second-order valence-corrected chi connectivity index (χ2v) is 6.24. The lowest BCUT2D eigenvalue weighted by Gasteiger charge is -2.21. The van der Waals surface area contributed by atoms with Crippen molar-refractivity contribution in [2.75, 3.05) is 13.2 Å². The third kappa shape index (κ3) is 2.85. The van der Waals surface area contributed by atoms with Gasteiger partial charge in [0.2, 0.25) is 0 Å². The van der Waals surface area contributed by atoms with E-state index in [1.165, 1.54) is 0 Å². The zero-order valence-electron chi connectivity index (χ0n) is 12.6. The van der Waals surface area contributed by atoms with Gasteiger partial charge in [-0.3, -0.25) is 4.79 Å². The molecular weight excluding hydrogens is 302 g/mol. The van der Waals surface area contributed by atoms with E-state index < -0.39 is 0 Å². The molecule has 0 saturated heterocycles. The number of carbonyl (C=O) groups excluding carboxylic acids is 1. The summed E-state index contributed by atoms with van der Waals surface area (Å²) in [6.07, 6.45) is 3.61. The molecule has 1 N–H and O–H groups in total. The first-order valence-electron chi connectivity index (χ1n) is 7.73. The maximum Gasteiger partial charge on any atom is 0.290 e. The molecule has 1 amide bonds. The van der Waals surface area contributed by atoms with E-state index >= 15 is 0 Å². The van der Waals surface area contributed by atoms with Crippen molar-refractivity contribution < 1.29 is 14.3 Å².